The zero-order valence-corrected chi connectivity index (χ0v) is 19.4. The Labute approximate surface area is 195 Å². The van der Waals surface area contributed by atoms with Crippen molar-refractivity contribution in [3.05, 3.63) is 54.4 Å². The summed E-state index contributed by atoms with van der Waals surface area (Å²) in [7, 11) is 1.69. The monoisotopic (exact) mass is 447 g/mol. The third-order valence-corrected chi connectivity index (χ3v) is 6.82. The fourth-order valence-electron chi connectivity index (χ4n) is 5.00. The molecular formula is C26H33N5O2. The maximum absolute atomic E-state index is 12.6. The molecule has 0 unspecified atom stereocenters. The number of nitrogens with zero attached hydrogens (tertiary/aromatic N) is 5. The van der Waals surface area contributed by atoms with Gasteiger partial charge in [-0.2, -0.15) is 0 Å². The summed E-state index contributed by atoms with van der Waals surface area (Å²) in [4.78, 5) is 24.4. The first-order valence-electron chi connectivity index (χ1n) is 12.0. The van der Waals surface area contributed by atoms with E-state index in [-0.39, 0.29) is 0 Å². The second-order valence-electron chi connectivity index (χ2n) is 9.04. The number of imidazole rings is 1. The quantitative estimate of drug-likeness (QED) is 0.581. The highest BCUT2D eigenvalue weighted by atomic mass is 16.5. The number of amides is 1. The number of para-hydroxylation sites is 2. The summed E-state index contributed by atoms with van der Waals surface area (Å²) in [6.07, 6.45) is 3.36. The number of benzene rings is 2. The normalized spacial score (nSPS) is 18.0. The minimum atomic E-state index is 0.294. The molecule has 3 aromatic rings. The lowest BCUT2D eigenvalue weighted by atomic mass is 10.2. The van der Waals surface area contributed by atoms with Gasteiger partial charge in [0.05, 0.1) is 31.2 Å². The summed E-state index contributed by atoms with van der Waals surface area (Å²) in [5.41, 5.74) is 3.22. The molecule has 2 saturated heterocycles. The first kappa shape index (κ1) is 21.9. The number of rotatable bonds is 6. The van der Waals surface area contributed by atoms with Crippen LogP contribution >= 0.6 is 0 Å². The predicted octanol–water partition coefficient (Wildman–Crippen LogP) is 3.16. The molecule has 0 saturated carbocycles. The molecule has 7 heteroatoms. The summed E-state index contributed by atoms with van der Waals surface area (Å²) in [6.45, 7) is 7.06. The van der Waals surface area contributed by atoms with E-state index in [4.69, 9.17) is 9.72 Å². The minimum Gasteiger partial charge on any atom is -0.497 e. The van der Waals surface area contributed by atoms with Crippen LogP contribution in [0, 0.1) is 0 Å². The highest BCUT2D eigenvalue weighted by Gasteiger charge is 2.23. The van der Waals surface area contributed by atoms with Crippen molar-refractivity contribution in [3.63, 3.8) is 0 Å². The first-order chi connectivity index (χ1) is 16.2. The number of carbonyl (C=O) groups is 1. The number of ether oxygens (including phenoxy) is 1. The summed E-state index contributed by atoms with van der Waals surface area (Å²) >= 11 is 0. The Balaban J connectivity index is 1.31. The number of methoxy groups -OCH3 is 1. The molecule has 3 heterocycles. The number of carbonyl (C=O) groups excluding carboxylic acids is 1. The highest BCUT2D eigenvalue weighted by Crippen LogP contribution is 2.24. The molecule has 7 nitrogen and oxygen atoms in total. The number of hydrogen-bond acceptors (Lipinski definition) is 5. The van der Waals surface area contributed by atoms with E-state index in [2.05, 4.69) is 44.7 Å². The van der Waals surface area contributed by atoms with Crippen LogP contribution in [0.15, 0.2) is 48.5 Å². The number of aromatic nitrogens is 2. The van der Waals surface area contributed by atoms with Crippen LogP contribution in [-0.2, 0) is 11.3 Å². The van der Waals surface area contributed by atoms with Crippen LogP contribution in [0.3, 0.4) is 0 Å². The first-order valence-corrected chi connectivity index (χ1v) is 12.0. The average molecular weight is 448 g/mol. The van der Waals surface area contributed by atoms with E-state index in [0.29, 0.717) is 12.5 Å². The number of fused-ring (bicyclic) bond motifs is 1. The smallest absolute Gasteiger partial charge is 0.236 e. The van der Waals surface area contributed by atoms with Gasteiger partial charge in [-0.3, -0.25) is 19.2 Å². The second kappa shape index (κ2) is 9.93. The van der Waals surface area contributed by atoms with E-state index >= 15 is 0 Å². The molecule has 5 rings (SSSR count). The van der Waals surface area contributed by atoms with Gasteiger partial charge in [-0.25, -0.2) is 4.98 Å². The zero-order chi connectivity index (χ0) is 22.6. The van der Waals surface area contributed by atoms with Crippen LogP contribution in [0.1, 0.15) is 25.1 Å². The minimum absolute atomic E-state index is 0.294. The standard InChI is InChI=1S/C26H33N5O2/c1-33-22-11-9-21(10-12-22)31-24-8-3-2-7-23(24)27-25(31)19-28-13-6-14-29(18-17-28)20-26(32)30-15-4-5-16-30/h2-3,7-12H,4-6,13-20H2,1H3. The highest BCUT2D eigenvalue weighted by molar-refractivity contribution is 5.79. The van der Waals surface area contributed by atoms with Gasteiger partial charge < -0.3 is 9.64 Å². The Hall–Kier alpha value is -2.90. The SMILES string of the molecule is COc1ccc(-n2c(CN3CCCN(CC(=O)N4CCCC4)CC3)nc3ccccc32)cc1. The molecule has 0 bridgehead atoms. The van der Waals surface area contributed by atoms with Gasteiger partial charge in [0.2, 0.25) is 5.91 Å². The summed E-state index contributed by atoms with van der Waals surface area (Å²) in [5, 5.41) is 0. The van der Waals surface area contributed by atoms with Gasteiger partial charge in [0.25, 0.3) is 0 Å². The van der Waals surface area contributed by atoms with Crippen molar-refractivity contribution >= 4 is 16.9 Å². The van der Waals surface area contributed by atoms with Crippen LogP contribution in [0.25, 0.3) is 16.7 Å². The Morgan fingerprint density at radius 3 is 2.39 bits per heavy atom. The molecule has 0 atom stereocenters. The lowest BCUT2D eigenvalue weighted by Crippen LogP contribution is -2.40. The largest absolute Gasteiger partial charge is 0.497 e. The second-order valence-corrected chi connectivity index (χ2v) is 9.04. The fraction of sp³-hybridized carbons (Fsp3) is 0.462. The van der Waals surface area contributed by atoms with Crippen molar-refractivity contribution in [2.75, 3.05) is 52.9 Å². The van der Waals surface area contributed by atoms with Gasteiger partial charge in [0.1, 0.15) is 11.6 Å². The molecule has 174 valence electrons. The molecule has 2 aliphatic heterocycles. The molecule has 2 aromatic carbocycles. The zero-order valence-electron chi connectivity index (χ0n) is 19.4. The van der Waals surface area contributed by atoms with Crippen LogP contribution in [0.4, 0.5) is 0 Å². The topological polar surface area (TPSA) is 53.8 Å². The molecule has 1 amide bonds. The third-order valence-electron chi connectivity index (χ3n) is 6.82. The molecule has 0 spiro atoms. The molecule has 0 aliphatic carbocycles. The van der Waals surface area contributed by atoms with Gasteiger partial charge >= 0.3 is 0 Å². The number of hydrogen-bond donors (Lipinski definition) is 0. The number of likely N-dealkylation sites (tertiary alicyclic amines) is 1. The molecule has 1 aromatic heterocycles. The van der Waals surface area contributed by atoms with Gasteiger partial charge in [-0.15, -0.1) is 0 Å². The van der Waals surface area contributed by atoms with E-state index in [1.54, 1.807) is 7.11 Å². The van der Waals surface area contributed by atoms with E-state index < -0.39 is 0 Å². The fourth-order valence-corrected chi connectivity index (χ4v) is 5.00. The Morgan fingerprint density at radius 2 is 1.61 bits per heavy atom. The Morgan fingerprint density at radius 1 is 0.879 bits per heavy atom. The molecule has 0 N–H and O–H groups in total. The van der Waals surface area contributed by atoms with Crippen LogP contribution in [-0.4, -0.2) is 83.1 Å². The summed E-state index contributed by atoms with van der Waals surface area (Å²) < 4.78 is 7.60. The van der Waals surface area contributed by atoms with Gasteiger partial charge in [0, 0.05) is 31.9 Å². The molecule has 2 aliphatic rings. The van der Waals surface area contributed by atoms with Crippen molar-refractivity contribution in [1.29, 1.82) is 0 Å². The molecular weight excluding hydrogens is 414 g/mol. The van der Waals surface area contributed by atoms with Crippen LogP contribution in [0.5, 0.6) is 5.75 Å². The predicted molar refractivity (Wildman–Crippen MR) is 130 cm³/mol. The van der Waals surface area contributed by atoms with E-state index in [9.17, 15) is 4.79 Å². The van der Waals surface area contributed by atoms with Crippen molar-refractivity contribution < 1.29 is 9.53 Å². The maximum atomic E-state index is 12.6. The summed E-state index contributed by atoms with van der Waals surface area (Å²) in [6, 6.07) is 16.5. The Kier molecular flexibility index (Phi) is 6.60. The van der Waals surface area contributed by atoms with Gasteiger partial charge in [0.15, 0.2) is 0 Å². The van der Waals surface area contributed by atoms with E-state index in [0.717, 1.165) is 93.4 Å². The molecule has 0 radical (unpaired) electrons. The average Bonchev–Trinajstić information content (AvgIpc) is 3.45. The summed E-state index contributed by atoms with van der Waals surface area (Å²) in [5.74, 6) is 2.19. The maximum Gasteiger partial charge on any atom is 0.236 e. The van der Waals surface area contributed by atoms with Crippen molar-refractivity contribution in [2.24, 2.45) is 0 Å². The van der Waals surface area contributed by atoms with E-state index in [1.807, 2.05) is 23.1 Å². The molecule has 2 fully saturated rings. The van der Waals surface area contributed by atoms with E-state index in [1.165, 1.54) is 0 Å². The Bertz CT molecular complexity index is 1090. The van der Waals surface area contributed by atoms with Crippen molar-refractivity contribution in [3.8, 4) is 11.4 Å². The van der Waals surface area contributed by atoms with Gasteiger partial charge in [-0.1, -0.05) is 12.1 Å². The van der Waals surface area contributed by atoms with Gasteiger partial charge in [-0.05, 0) is 68.8 Å². The van der Waals surface area contributed by atoms with Crippen molar-refractivity contribution in [1.82, 2.24) is 24.3 Å². The molecule has 33 heavy (non-hydrogen) atoms. The third kappa shape index (κ3) is 4.89. The van der Waals surface area contributed by atoms with Crippen LogP contribution < -0.4 is 4.74 Å². The lowest BCUT2D eigenvalue weighted by molar-refractivity contribution is -0.131. The van der Waals surface area contributed by atoms with Crippen LogP contribution in [0.2, 0.25) is 0 Å². The lowest BCUT2D eigenvalue weighted by Gasteiger charge is -2.24. The van der Waals surface area contributed by atoms with Crippen molar-refractivity contribution in [2.45, 2.75) is 25.8 Å².